The third-order valence-corrected chi connectivity index (χ3v) is 2.79. The Morgan fingerprint density at radius 1 is 1.31 bits per heavy atom. The lowest BCUT2D eigenvalue weighted by atomic mass is 9.73. The van der Waals surface area contributed by atoms with Gasteiger partial charge in [0.1, 0.15) is 6.29 Å². The first-order valence-corrected chi connectivity index (χ1v) is 4.57. The summed E-state index contributed by atoms with van der Waals surface area (Å²) in [6, 6.07) is 10.3. The zero-order valence-corrected chi connectivity index (χ0v) is 7.49. The monoisotopic (exact) mass is 175 g/mol. The molecule has 0 aliphatic carbocycles. The number of hydrogen-bond donors (Lipinski definition) is 1. The van der Waals surface area contributed by atoms with Crippen LogP contribution in [-0.4, -0.2) is 19.4 Å². The Morgan fingerprint density at radius 3 is 2.46 bits per heavy atom. The molecule has 0 unspecified atom stereocenters. The van der Waals surface area contributed by atoms with Crippen molar-refractivity contribution in [1.29, 1.82) is 0 Å². The van der Waals surface area contributed by atoms with Crippen LogP contribution in [0, 0.1) is 0 Å². The van der Waals surface area contributed by atoms with E-state index in [1.54, 1.807) is 0 Å². The second-order valence-electron chi connectivity index (χ2n) is 3.62. The van der Waals surface area contributed by atoms with Crippen molar-refractivity contribution in [1.82, 2.24) is 5.32 Å². The van der Waals surface area contributed by atoms with E-state index in [2.05, 4.69) is 17.4 Å². The highest BCUT2D eigenvalue weighted by atomic mass is 16.1. The van der Waals surface area contributed by atoms with Crippen LogP contribution in [-0.2, 0) is 10.2 Å². The number of hydrogen-bond acceptors (Lipinski definition) is 2. The molecule has 0 atom stereocenters. The van der Waals surface area contributed by atoms with Gasteiger partial charge in [-0.25, -0.2) is 0 Å². The largest absolute Gasteiger partial charge is 0.315 e. The number of carbonyl (C=O) groups is 1. The van der Waals surface area contributed by atoms with Gasteiger partial charge in [-0.2, -0.15) is 0 Å². The Kier molecular flexibility index (Phi) is 2.15. The quantitative estimate of drug-likeness (QED) is 0.697. The molecule has 1 saturated heterocycles. The van der Waals surface area contributed by atoms with Crippen molar-refractivity contribution < 1.29 is 4.79 Å². The van der Waals surface area contributed by atoms with E-state index in [-0.39, 0.29) is 5.41 Å². The number of benzene rings is 1. The fourth-order valence-corrected chi connectivity index (χ4v) is 1.84. The molecule has 1 aliphatic heterocycles. The minimum absolute atomic E-state index is 0.0863. The van der Waals surface area contributed by atoms with E-state index in [9.17, 15) is 4.79 Å². The van der Waals surface area contributed by atoms with Gasteiger partial charge >= 0.3 is 0 Å². The van der Waals surface area contributed by atoms with Gasteiger partial charge in [0, 0.05) is 24.9 Å². The molecular weight excluding hydrogens is 162 g/mol. The molecule has 1 heterocycles. The second kappa shape index (κ2) is 3.30. The van der Waals surface area contributed by atoms with Gasteiger partial charge in [0.05, 0.1) is 0 Å². The summed E-state index contributed by atoms with van der Waals surface area (Å²) in [7, 11) is 0. The normalized spacial score (nSPS) is 19.1. The lowest BCUT2D eigenvalue weighted by Gasteiger charge is -2.42. The fourth-order valence-electron chi connectivity index (χ4n) is 1.84. The van der Waals surface area contributed by atoms with E-state index in [4.69, 9.17) is 0 Å². The zero-order valence-electron chi connectivity index (χ0n) is 7.49. The van der Waals surface area contributed by atoms with Crippen molar-refractivity contribution in [3.05, 3.63) is 35.9 Å². The molecule has 0 aromatic heterocycles. The predicted molar refractivity (Wildman–Crippen MR) is 51.7 cm³/mol. The van der Waals surface area contributed by atoms with Crippen LogP contribution < -0.4 is 5.32 Å². The van der Waals surface area contributed by atoms with Gasteiger partial charge in [0.15, 0.2) is 0 Å². The summed E-state index contributed by atoms with van der Waals surface area (Å²) < 4.78 is 0. The highest BCUT2D eigenvalue weighted by Gasteiger charge is 2.37. The van der Waals surface area contributed by atoms with Crippen LogP contribution in [0.2, 0.25) is 0 Å². The maximum atomic E-state index is 10.6. The second-order valence-corrected chi connectivity index (χ2v) is 3.62. The minimum atomic E-state index is 0.0863. The van der Waals surface area contributed by atoms with Gasteiger partial charge in [-0.1, -0.05) is 30.3 Å². The predicted octanol–water partition coefficient (Wildman–Crippen LogP) is 1.12. The third-order valence-electron chi connectivity index (χ3n) is 2.79. The first-order chi connectivity index (χ1) is 6.37. The lowest BCUT2D eigenvalue weighted by Crippen LogP contribution is -2.56. The summed E-state index contributed by atoms with van der Waals surface area (Å²) in [5.74, 6) is 0. The van der Waals surface area contributed by atoms with Crippen molar-refractivity contribution in [2.75, 3.05) is 13.1 Å². The number of rotatable bonds is 3. The fraction of sp³-hybridized carbons (Fsp3) is 0.364. The Balaban J connectivity index is 2.26. The molecule has 1 aromatic rings. The van der Waals surface area contributed by atoms with Crippen LogP contribution in [0.1, 0.15) is 12.0 Å². The van der Waals surface area contributed by atoms with Crippen LogP contribution in [0.25, 0.3) is 0 Å². The van der Waals surface area contributed by atoms with E-state index < -0.39 is 0 Å². The third kappa shape index (κ3) is 1.38. The van der Waals surface area contributed by atoms with E-state index in [1.807, 2.05) is 18.2 Å². The molecular formula is C11H13NO. The molecule has 1 aromatic carbocycles. The van der Waals surface area contributed by atoms with Crippen LogP contribution in [0.5, 0.6) is 0 Å². The first-order valence-electron chi connectivity index (χ1n) is 4.57. The maximum Gasteiger partial charge on any atom is 0.120 e. The topological polar surface area (TPSA) is 29.1 Å². The molecule has 0 amide bonds. The molecule has 2 rings (SSSR count). The van der Waals surface area contributed by atoms with Gasteiger partial charge in [0.2, 0.25) is 0 Å². The maximum absolute atomic E-state index is 10.6. The number of aldehydes is 1. The van der Waals surface area contributed by atoms with Crippen LogP contribution >= 0.6 is 0 Å². The Hall–Kier alpha value is -1.15. The summed E-state index contributed by atoms with van der Waals surface area (Å²) in [5, 5.41) is 3.23. The molecule has 0 spiro atoms. The summed E-state index contributed by atoms with van der Waals surface area (Å²) in [6.45, 7) is 1.85. The lowest BCUT2D eigenvalue weighted by molar-refractivity contribution is -0.109. The first kappa shape index (κ1) is 8.45. The summed E-state index contributed by atoms with van der Waals surface area (Å²) >= 11 is 0. The SMILES string of the molecule is O=CCC1(c2ccccc2)CNC1. The summed E-state index contributed by atoms with van der Waals surface area (Å²) in [4.78, 5) is 10.6. The van der Waals surface area contributed by atoms with Crippen LogP contribution in [0.4, 0.5) is 0 Å². The van der Waals surface area contributed by atoms with Crippen molar-refractivity contribution in [2.45, 2.75) is 11.8 Å². The molecule has 0 bridgehead atoms. The van der Waals surface area contributed by atoms with Crippen molar-refractivity contribution in [3.63, 3.8) is 0 Å². The summed E-state index contributed by atoms with van der Waals surface area (Å²) in [5.41, 5.74) is 1.36. The average molecular weight is 175 g/mol. The molecule has 1 N–H and O–H groups in total. The van der Waals surface area contributed by atoms with E-state index in [0.717, 1.165) is 19.4 Å². The van der Waals surface area contributed by atoms with Gasteiger partial charge in [-0.3, -0.25) is 0 Å². The van der Waals surface area contributed by atoms with E-state index in [1.165, 1.54) is 5.56 Å². The van der Waals surface area contributed by atoms with Crippen molar-refractivity contribution in [2.24, 2.45) is 0 Å². The minimum Gasteiger partial charge on any atom is -0.315 e. The molecule has 0 saturated carbocycles. The number of nitrogens with one attached hydrogen (secondary N) is 1. The van der Waals surface area contributed by atoms with Gasteiger partial charge in [0.25, 0.3) is 0 Å². The molecule has 68 valence electrons. The van der Waals surface area contributed by atoms with E-state index in [0.29, 0.717) is 6.42 Å². The number of carbonyl (C=O) groups excluding carboxylic acids is 1. The molecule has 1 fully saturated rings. The Labute approximate surface area is 78.0 Å². The zero-order chi connectivity index (χ0) is 9.15. The van der Waals surface area contributed by atoms with E-state index >= 15 is 0 Å². The molecule has 2 nitrogen and oxygen atoms in total. The highest BCUT2D eigenvalue weighted by molar-refractivity contribution is 5.55. The smallest absolute Gasteiger partial charge is 0.120 e. The molecule has 2 heteroatoms. The van der Waals surface area contributed by atoms with Gasteiger partial charge in [-0.15, -0.1) is 0 Å². The molecule has 1 aliphatic rings. The van der Waals surface area contributed by atoms with Gasteiger partial charge < -0.3 is 10.1 Å². The van der Waals surface area contributed by atoms with Gasteiger partial charge in [-0.05, 0) is 5.56 Å². The molecule has 13 heavy (non-hydrogen) atoms. The average Bonchev–Trinajstić information content (AvgIpc) is 2.13. The van der Waals surface area contributed by atoms with Crippen molar-refractivity contribution >= 4 is 6.29 Å². The van der Waals surface area contributed by atoms with Crippen molar-refractivity contribution in [3.8, 4) is 0 Å². The standard InChI is InChI=1S/C11H13NO/c13-7-6-11(8-12-9-11)10-4-2-1-3-5-10/h1-5,7,12H,6,8-9H2. The Bertz CT molecular complexity index is 290. The Morgan fingerprint density at radius 2 is 2.00 bits per heavy atom. The van der Waals surface area contributed by atoms with Crippen LogP contribution in [0.15, 0.2) is 30.3 Å². The highest BCUT2D eigenvalue weighted by Crippen LogP contribution is 2.30. The molecule has 0 radical (unpaired) electrons. The van der Waals surface area contributed by atoms with Crippen LogP contribution in [0.3, 0.4) is 0 Å². The summed E-state index contributed by atoms with van der Waals surface area (Å²) in [6.07, 6.45) is 1.65.